The molecule has 1 atom stereocenters. The van der Waals surface area contributed by atoms with E-state index in [2.05, 4.69) is 28.2 Å². The number of carbonyl (C=O) groups excluding carboxylic acids is 1. The first-order chi connectivity index (χ1) is 9.78. The van der Waals surface area contributed by atoms with Crippen LogP contribution in [0.25, 0.3) is 16.6 Å². The summed E-state index contributed by atoms with van der Waals surface area (Å²) in [5.74, 6) is -0.0404. The molecule has 1 aliphatic rings. The van der Waals surface area contributed by atoms with Gasteiger partial charge in [0.05, 0.1) is 29.9 Å². The normalized spacial score (nSPS) is 18.9. The molecule has 2 aromatic rings. The van der Waals surface area contributed by atoms with Crippen molar-refractivity contribution in [2.75, 3.05) is 6.61 Å². The summed E-state index contributed by atoms with van der Waals surface area (Å²) in [6.07, 6.45) is 6.44. The van der Waals surface area contributed by atoms with E-state index in [1.54, 1.807) is 6.33 Å². The highest BCUT2D eigenvalue weighted by atomic mass is 16.5. The molecule has 1 N–H and O–H groups in total. The third-order valence-corrected chi connectivity index (χ3v) is 3.82. The number of allylic oxidation sites excluding steroid dienone is 2. The highest BCUT2D eigenvalue weighted by Crippen LogP contribution is 2.31. The van der Waals surface area contributed by atoms with E-state index in [4.69, 9.17) is 4.74 Å². The van der Waals surface area contributed by atoms with Crippen LogP contribution in [0, 0.1) is 5.92 Å². The lowest BCUT2D eigenvalue weighted by Gasteiger charge is -2.20. The highest BCUT2D eigenvalue weighted by Gasteiger charge is 2.23. The van der Waals surface area contributed by atoms with Gasteiger partial charge in [0.2, 0.25) is 0 Å². The third kappa shape index (κ3) is 2.46. The largest absolute Gasteiger partial charge is 0.466 e. The van der Waals surface area contributed by atoms with Gasteiger partial charge in [0.15, 0.2) is 0 Å². The van der Waals surface area contributed by atoms with Crippen molar-refractivity contribution in [1.82, 2.24) is 9.97 Å². The molecule has 4 heteroatoms. The van der Waals surface area contributed by atoms with Crippen molar-refractivity contribution in [2.45, 2.75) is 26.2 Å². The molecular formula is C16H18N2O2. The van der Waals surface area contributed by atoms with Crippen molar-refractivity contribution < 1.29 is 9.53 Å². The fourth-order valence-electron chi connectivity index (χ4n) is 2.71. The van der Waals surface area contributed by atoms with E-state index in [-0.39, 0.29) is 11.9 Å². The fraction of sp³-hybridized carbons (Fsp3) is 0.375. The summed E-state index contributed by atoms with van der Waals surface area (Å²) >= 11 is 0. The number of carbonyl (C=O) groups is 1. The van der Waals surface area contributed by atoms with E-state index in [0.717, 1.165) is 30.3 Å². The standard InChI is InChI=1S/C16H18N2O2/c1-2-20-16(19)12-5-3-11(4-6-12)13-7-8-14-15(9-13)18-10-17-14/h3,7-10,12H,2,4-6H2,1H3,(H,17,18). The molecule has 1 aliphatic carbocycles. The van der Waals surface area contributed by atoms with Crippen molar-refractivity contribution in [3.8, 4) is 0 Å². The van der Waals surface area contributed by atoms with Gasteiger partial charge in [0.25, 0.3) is 0 Å². The van der Waals surface area contributed by atoms with Gasteiger partial charge in [0.1, 0.15) is 0 Å². The van der Waals surface area contributed by atoms with Gasteiger partial charge in [-0.1, -0.05) is 12.1 Å². The molecule has 1 heterocycles. The number of benzene rings is 1. The number of aromatic amines is 1. The lowest BCUT2D eigenvalue weighted by atomic mass is 9.86. The van der Waals surface area contributed by atoms with E-state index in [9.17, 15) is 4.79 Å². The summed E-state index contributed by atoms with van der Waals surface area (Å²) in [4.78, 5) is 19.1. The zero-order chi connectivity index (χ0) is 13.9. The molecule has 3 rings (SSSR count). The number of imidazole rings is 1. The average molecular weight is 270 g/mol. The number of esters is 1. The predicted molar refractivity (Wildman–Crippen MR) is 78.0 cm³/mol. The molecule has 0 saturated carbocycles. The van der Waals surface area contributed by atoms with Gasteiger partial charge in [-0.3, -0.25) is 4.79 Å². The van der Waals surface area contributed by atoms with Crippen LogP contribution in [0.15, 0.2) is 30.6 Å². The van der Waals surface area contributed by atoms with Crippen LogP contribution in [-0.4, -0.2) is 22.5 Å². The van der Waals surface area contributed by atoms with Crippen LogP contribution in [0.3, 0.4) is 0 Å². The maximum atomic E-state index is 11.7. The van der Waals surface area contributed by atoms with Crippen molar-refractivity contribution >= 4 is 22.6 Å². The number of hydrogen-bond acceptors (Lipinski definition) is 3. The number of rotatable bonds is 3. The second-order valence-electron chi connectivity index (χ2n) is 5.09. The first kappa shape index (κ1) is 12.9. The summed E-state index contributed by atoms with van der Waals surface area (Å²) in [5, 5.41) is 0. The highest BCUT2D eigenvalue weighted by molar-refractivity contribution is 5.81. The number of nitrogens with one attached hydrogen (secondary N) is 1. The Hall–Kier alpha value is -2.10. The summed E-state index contributed by atoms with van der Waals surface area (Å²) in [6, 6.07) is 6.25. The first-order valence-corrected chi connectivity index (χ1v) is 7.07. The minimum absolute atomic E-state index is 0.0228. The van der Waals surface area contributed by atoms with Gasteiger partial charge in [-0.25, -0.2) is 4.98 Å². The Morgan fingerprint density at radius 1 is 1.50 bits per heavy atom. The van der Waals surface area contributed by atoms with Crippen LogP contribution in [0.4, 0.5) is 0 Å². The van der Waals surface area contributed by atoms with Gasteiger partial charge in [-0.15, -0.1) is 0 Å². The molecule has 0 amide bonds. The fourth-order valence-corrected chi connectivity index (χ4v) is 2.71. The Kier molecular flexibility index (Phi) is 3.54. The van der Waals surface area contributed by atoms with E-state index in [1.807, 2.05) is 13.0 Å². The molecule has 0 fully saturated rings. The Balaban J connectivity index is 1.77. The Labute approximate surface area is 117 Å². The zero-order valence-corrected chi connectivity index (χ0v) is 11.6. The minimum Gasteiger partial charge on any atom is -0.466 e. The van der Waals surface area contributed by atoms with Gasteiger partial charge in [-0.2, -0.15) is 0 Å². The molecule has 20 heavy (non-hydrogen) atoms. The molecule has 4 nitrogen and oxygen atoms in total. The van der Waals surface area contributed by atoms with Gasteiger partial charge < -0.3 is 9.72 Å². The van der Waals surface area contributed by atoms with E-state index >= 15 is 0 Å². The molecule has 1 unspecified atom stereocenters. The summed E-state index contributed by atoms with van der Waals surface area (Å²) in [7, 11) is 0. The van der Waals surface area contributed by atoms with Gasteiger partial charge >= 0.3 is 5.97 Å². The SMILES string of the molecule is CCOC(=O)C1CC=C(c2ccc3nc[nH]c3c2)CC1. The zero-order valence-electron chi connectivity index (χ0n) is 11.6. The second-order valence-corrected chi connectivity index (χ2v) is 5.09. The molecule has 0 spiro atoms. The monoisotopic (exact) mass is 270 g/mol. The van der Waals surface area contributed by atoms with Crippen molar-refractivity contribution in [3.63, 3.8) is 0 Å². The number of ether oxygens (including phenoxy) is 1. The van der Waals surface area contributed by atoms with Crippen molar-refractivity contribution in [1.29, 1.82) is 0 Å². The van der Waals surface area contributed by atoms with E-state index in [1.165, 1.54) is 11.1 Å². The van der Waals surface area contributed by atoms with E-state index in [0.29, 0.717) is 6.61 Å². The van der Waals surface area contributed by atoms with Gasteiger partial charge in [0, 0.05) is 0 Å². The molecule has 0 bridgehead atoms. The second kappa shape index (κ2) is 5.49. The molecular weight excluding hydrogens is 252 g/mol. The lowest BCUT2D eigenvalue weighted by molar-refractivity contribution is -0.148. The quantitative estimate of drug-likeness (QED) is 0.870. The van der Waals surface area contributed by atoms with Crippen LogP contribution >= 0.6 is 0 Å². The summed E-state index contributed by atoms with van der Waals surface area (Å²) < 4.78 is 5.09. The molecule has 0 radical (unpaired) electrons. The average Bonchev–Trinajstić information content (AvgIpc) is 2.95. The number of hydrogen-bond donors (Lipinski definition) is 1. The van der Waals surface area contributed by atoms with Crippen LogP contribution in [0.2, 0.25) is 0 Å². The van der Waals surface area contributed by atoms with Crippen molar-refractivity contribution in [3.05, 3.63) is 36.2 Å². The van der Waals surface area contributed by atoms with Crippen molar-refractivity contribution in [2.24, 2.45) is 5.92 Å². The maximum Gasteiger partial charge on any atom is 0.309 e. The van der Waals surface area contributed by atoms with Crippen LogP contribution in [0.5, 0.6) is 0 Å². The Bertz CT molecular complexity index is 657. The molecule has 0 aliphatic heterocycles. The topological polar surface area (TPSA) is 55.0 Å². The smallest absolute Gasteiger partial charge is 0.309 e. The molecule has 1 aromatic carbocycles. The number of nitrogens with zero attached hydrogens (tertiary/aromatic N) is 1. The molecule has 104 valence electrons. The third-order valence-electron chi connectivity index (χ3n) is 3.82. The van der Waals surface area contributed by atoms with Crippen LogP contribution in [0.1, 0.15) is 31.7 Å². The summed E-state index contributed by atoms with van der Waals surface area (Å²) in [5.41, 5.74) is 4.55. The van der Waals surface area contributed by atoms with Gasteiger partial charge in [-0.05, 0) is 49.5 Å². The number of aromatic nitrogens is 2. The Morgan fingerprint density at radius 3 is 3.15 bits per heavy atom. The molecule has 1 aromatic heterocycles. The number of H-pyrrole nitrogens is 1. The predicted octanol–water partition coefficient (Wildman–Crippen LogP) is 3.31. The Morgan fingerprint density at radius 2 is 2.40 bits per heavy atom. The maximum absolute atomic E-state index is 11.7. The van der Waals surface area contributed by atoms with Crippen LogP contribution < -0.4 is 0 Å². The first-order valence-electron chi connectivity index (χ1n) is 7.07. The lowest BCUT2D eigenvalue weighted by Crippen LogP contribution is -2.19. The summed E-state index contributed by atoms with van der Waals surface area (Å²) in [6.45, 7) is 2.31. The molecule has 0 saturated heterocycles. The minimum atomic E-state index is -0.0631. The van der Waals surface area contributed by atoms with Crippen LogP contribution in [-0.2, 0) is 9.53 Å². The number of fused-ring (bicyclic) bond motifs is 1. The van der Waals surface area contributed by atoms with E-state index < -0.39 is 0 Å².